The minimum atomic E-state index is -4.73. The zero-order chi connectivity index (χ0) is 21.6. The van der Waals surface area contributed by atoms with Crippen LogP contribution in [0.25, 0.3) is 33.5 Å². The number of aromatic amines is 1. The third-order valence-corrected chi connectivity index (χ3v) is 5.43. The van der Waals surface area contributed by atoms with Crippen molar-refractivity contribution in [2.75, 3.05) is 19.7 Å². The number of H-pyrrole nitrogens is 1. The Morgan fingerprint density at radius 2 is 2.06 bits per heavy atom. The fraction of sp³-hybridized carbons (Fsp3) is 0.333. The molecule has 1 aromatic carbocycles. The van der Waals surface area contributed by atoms with E-state index < -0.39 is 17.7 Å². The van der Waals surface area contributed by atoms with Crippen molar-refractivity contribution >= 4 is 21.9 Å². The molecular formula is C21H19F4N5O. The van der Waals surface area contributed by atoms with Gasteiger partial charge in [-0.15, -0.1) is 0 Å². The van der Waals surface area contributed by atoms with Gasteiger partial charge in [0, 0.05) is 37.3 Å². The summed E-state index contributed by atoms with van der Waals surface area (Å²) in [5.41, 5.74) is -0.566. The predicted molar refractivity (Wildman–Crippen MR) is 107 cm³/mol. The van der Waals surface area contributed by atoms with Gasteiger partial charge in [-0.3, -0.25) is 0 Å². The highest BCUT2D eigenvalue weighted by Gasteiger charge is 2.38. The first-order valence-corrected chi connectivity index (χ1v) is 9.94. The van der Waals surface area contributed by atoms with Crippen molar-refractivity contribution in [1.29, 1.82) is 0 Å². The van der Waals surface area contributed by atoms with Crippen LogP contribution >= 0.6 is 0 Å². The summed E-state index contributed by atoms with van der Waals surface area (Å²) < 4.78 is 62.9. The second-order valence-electron chi connectivity index (χ2n) is 7.47. The highest BCUT2D eigenvalue weighted by molar-refractivity contribution is 6.04. The third-order valence-electron chi connectivity index (χ3n) is 5.43. The van der Waals surface area contributed by atoms with E-state index in [1.54, 1.807) is 22.9 Å². The number of halogens is 4. The molecule has 0 bridgehead atoms. The molecule has 6 nitrogen and oxygen atoms in total. The molecule has 5 rings (SSSR count). The van der Waals surface area contributed by atoms with Crippen molar-refractivity contribution < 1.29 is 22.3 Å². The zero-order valence-electron chi connectivity index (χ0n) is 16.3. The summed E-state index contributed by atoms with van der Waals surface area (Å²) in [6, 6.07) is 7.19. The van der Waals surface area contributed by atoms with E-state index in [-0.39, 0.29) is 22.7 Å². The maximum absolute atomic E-state index is 13.9. The average Bonchev–Trinajstić information content (AvgIpc) is 3.39. The van der Waals surface area contributed by atoms with Gasteiger partial charge in [-0.1, -0.05) is 0 Å². The van der Waals surface area contributed by atoms with Gasteiger partial charge >= 0.3 is 6.18 Å². The van der Waals surface area contributed by atoms with E-state index in [9.17, 15) is 17.6 Å². The molecule has 31 heavy (non-hydrogen) atoms. The molecule has 0 aliphatic carbocycles. The van der Waals surface area contributed by atoms with Crippen LogP contribution in [0.3, 0.4) is 0 Å². The Morgan fingerprint density at radius 3 is 2.77 bits per heavy atom. The van der Waals surface area contributed by atoms with Gasteiger partial charge in [0.05, 0.1) is 29.4 Å². The van der Waals surface area contributed by atoms with Crippen LogP contribution in [0.2, 0.25) is 0 Å². The van der Waals surface area contributed by atoms with Crippen molar-refractivity contribution in [3.8, 4) is 11.5 Å². The number of aryl methyl sites for hydroxylation is 1. The molecule has 1 atom stereocenters. The van der Waals surface area contributed by atoms with E-state index >= 15 is 0 Å². The van der Waals surface area contributed by atoms with E-state index in [1.807, 2.05) is 0 Å². The molecule has 10 heteroatoms. The van der Waals surface area contributed by atoms with Crippen LogP contribution in [0, 0.1) is 5.82 Å². The summed E-state index contributed by atoms with van der Waals surface area (Å²) >= 11 is 0. The molecular weight excluding hydrogens is 414 g/mol. The molecule has 4 aromatic rings. The second kappa shape index (κ2) is 7.61. The quantitative estimate of drug-likeness (QED) is 0.476. The summed E-state index contributed by atoms with van der Waals surface area (Å²) in [6.07, 6.45) is -2.53. The van der Waals surface area contributed by atoms with Gasteiger partial charge in [-0.25, -0.2) is 14.4 Å². The number of alkyl halides is 3. The number of ether oxygens (including phenoxy) is 1. The third kappa shape index (κ3) is 3.66. The summed E-state index contributed by atoms with van der Waals surface area (Å²) in [7, 11) is 0. The van der Waals surface area contributed by atoms with Crippen LogP contribution in [-0.2, 0) is 17.5 Å². The molecule has 1 aliphatic rings. The zero-order valence-corrected chi connectivity index (χ0v) is 16.3. The molecule has 0 spiro atoms. The van der Waals surface area contributed by atoms with E-state index in [0.29, 0.717) is 43.0 Å². The molecule has 1 unspecified atom stereocenters. The van der Waals surface area contributed by atoms with E-state index in [0.717, 1.165) is 12.6 Å². The minimum Gasteiger partial charge on any atom is -0.376 e. The lowest BCUT2D eigenvalue weighted by Crippen LogP contribution is -2.38. The number of nitrogens with one attached hydrogen (secondary N) is 2. The van der Waals surface area contributed by atoms with Crippen LogP contribution in [0.4, 0.5) is 17.6 Å². The molecule has 1 aliphatic heterocycles. The Balaban J connectivity index is 1.75. The maximum atomic E-state index is 13.9. The maximum Gasteiger partial charge on any atom is 0.435 e. The van der Waals surface area contributed by atoms with Crippen molar-refractivity contribution in [2.24, 2.45) is 0 Å². The van der Waals surface area contributed by atoms with Gasteiger partial charge in [-0.2, -0.15) is 13.2 Å². The number of aromatic nitrogens is 4. The Kier molecular flexibility index (Phi) is 4.90. The van der Waals surface area contributed by atoms with Gasteiger partial charge in [0.2, 0.25) is 0 Å². The standard InChI is InChI=1S/C21H19F4N5O/c22-12-3-4-14-16(10-12)28-19(21(23,24)25)17-18(14)30(8-5-13-11-26-7-9-31-13)20(29-17)15-2-1-6-27-15/h1-4,6,10,13,26-27H,5,7-9,11H2. The first kappa shape index (κ1) is 20.0. The molecule has 3 aromatic heterocycles. The molecule has 1 fully saturated rings. The lowest BCUT2D eigenvalue weighted by molar-refractivity contribution is -0.139. The van der Waals surface area contributed by atoms with Gasteiger partial charge in [0.25, 0.3) is 0 Å². The molecule has 0 radical (unpaired) electrons. The molecule has 0 saturated carbocycles. The number of hydrogen-bond donors (Lipinski definition) is 2. The summed E-state index contributed by atoms with van der Waals surface area (Å²) in [4.78, 5) is 11.1. The molecule has 0 amide bonds. The number of hydrogen-bond acceptors (Lipinski definition) is 4. The highest BCUT2D eigenvalue weighted by Crippen LogP contribution is 2.38. The van der Waals surface area contributed by atoms with Crippen molar-refractivity contribution in [3.05, 3.63) is 48.0 Å². The molecule has 162 valence electrons. The smallest absolute Gasteiger partial charge is 0.376 e. The number of morpholine rings is 1. The normalized spacial score (nSPS) is 17.6. The Labute approximate surface area is 174 Å². The van der Waals surface area contributed by atoms with E-state index in [1.165, 1.54) is 12.1 Å². The van der Waals surface area contributed by atoms with Gasteiger partial charge < -0.3 is 19.6 Å². The first-order valence-electron chi connectivity index (χ1n) is 9.94. The van der Waals surface area contributed by atoms with Crippen LogP contribution in [0.15, 0.2) is 36.5 Å². The number of fused-ring (bicyclic) bond motifs is 3. The highest BCUT2D eigenvalue weighted by atomic mass is 19.4. The van der Waals surface area contributed by atoms with Crippen molar-refractivity contribution in [3.63, 3.8) is 0 Å². The molecule has 2 N–H and O–H groups in total. The van der Waals surface area contributed by atoms with Crippen LogP contribution in [0.1, 0.15) is 12.1 Å². The second-order valence-corrected chi connectivity index (χ2v) is 7.47. The Bertz CT molecular complexity index is 1230. The van der Waals surface area contributed by atoms with Crippen LogP contribution < -0.4 is 5.32 Å². The fourth-order valence-electron chi connectivity index (χ4n) is 4.03. The first-order chi connectivity index (χ1) is 14.9. The van der Waals surface area contributed by atoms with E-state index in [4.69, 9.17) is 4.74 Å². The summed E-state index contributed by atoms with van der Waals surface area (Å²) in [5, 5.41) is 3.67. The Morgan fingerprint density at radius 1 is 1.19 bits per heavy atom. The predicted octanol–water partition coefficient (Wildman–Crippen LogP) is 4.12. The average molecular weight is 433 g/mol. The topological polar surface area (TPSA) is 67.8 Å². The molecule has 4 heterocycles. The lowest BCUT2D eigenvalue weighted by atomic mass is 10.1. The number of pyridine rings is 1. The van der Waals surface area contributed by atoms with Crippen LogP contribution in [0.5, 0.6) is 0 Å². The monoisotopic (exact) mass is 433 g/mol. The Hall–Kier alpha value is -2.98. The van der Waals surface area contributed by atoms with Crippen LogP contribution in [-0.4, -0.2) is 45.3 Å². The fourth-order valence-corrected chi connectivity index (χ4v) is 4.03. The SMILES string of the molecule is Fc1ccc2c(c1)nc(C(F)(F)F)c1nc(-c3ccc[nH]3)n(CCC3CNCCO3)c12. The number of nitrogens with zero attached hydrogens (tertiary/aromatic N) is 3. The number of benzene rings is 1. The van der Waals surface area contributed by atoms with Crippen molar-refractivity contribution in [1.82, 2.24) is 24.8 Å². The number of imidazole rings is 1. The summed E-state index contributed by atoms with van der Waals surface area (Å²) in [5.74, 6) is -0.280. The largest absolute Gasteiger partial charge is 0.435 e. The van der Waals surface area contributed by atoms with Crippen molar-refractivity contribution in [2.45, 2.75) is 25.2 Å². The van der Waals surface area contributed by atoms with Gasteiger partial charge in [0.1, 0.15) is 11.3 Å². The minimum absolute atomic E-state index is 0.0599. The van der Waals surface area contributed by atoms with E-state index in [2.05, 4.69) is 20.3 Å². The lowest BCUT2D eigenvalue weighted by Gasteiger charge is -2.24. The molecule has 1 saturated heterocycles. The number of rotatable bonds is 4. The van der Waals surface area contributed by atoms with Gasteiger partial charge in [0.15, 0.2) is 11.5 Å². The van der Waals surface area contributed by atoms with Gasteiger partial charge in [-0.05, 0) is 30.7 Å². The summed E-state index contributed by atoms with van der Waals surface area (Å²) in [6.45, 7) is 2.41.